The van der Waals surface area contributed by atoms with E-state index < -0.39 is 26.6 Å². The Balaban J connectivity index is 4.23. The third-order valence-corrected chi connectivity index (χ3v) is 8.99. The fourth-order valence-electron chi connectivity index (χ4n) is 5.56. The van der Waals surface area contributed by atoms with E-state index in [1.165, 1.54) is 127 Å². The van der Waals surface area contributed by atoms with Gasteiger partial charge in [0.2, 0.25) is 5.91 Å². The summed E-state index contributed by atoms with van der Waals surface area (Å²) in [6.07, 6.45) is 33.8. The number of nitrogens with zero attached hydrogens (tertiary/aromatic N) is 1. The topological polar surface area (TPSA) is 107 Å². The number of carbonyl (C=O) groups is 1. The van der Waals surface area contributed by atoms with Gasteiger partial charge in [0.1, 0.15) is 0 Å². The Morgan fingerprint density at radius 1 is 0.674 bits per heavy atom. The van der Waals surface area contributed by atoms with Crippen molar-refractivity contribution in [2.24, 2.45) is 0 Å². The molecule has 0 aliphatic heterocycles. The van der Waals surface area contributed by atoms with Gasteiger partial charge in [-0.05, 0) is 19.3 Å². The second kappa shape index (κ2) is 30.0. The zero-order valence-electron chi connectivity index (χ0n) is 28.4. The van der Waals surface area contributed by atoms with Crippen molar-refractivity contribution >= 4 is 13.7 Å². The zero-order chi connectivity index (χ0) is 32.0. The predicted molar refractivity (Wildman–Crippen MR) is 181 cm³/mol. The first-order valence-electron chi connectivity index (χ1n) is 18.0. The average Bonchev–Trinajstić information content (AvgIpc) is 2.97. The minimum Gasteiger partial charge on any atom is -0.387 e. The Kier molecular flexibility index (Phi) is 29.5. The Morgan fingerprint density at radius 2 is 1.05 bits per heavy atom. The fourth-order valence-corrected chi connectivity index (χ4v) is 5.91. The van der Waals surface area contributed by atoms with Gasteiger partial charge in [0.15, 0.2) is 0 Å². The van der Waals surface area contributed by atoms with Gasteiger partial charge in [-0.25, -0.2) is 4.57 Å². The number of phosphoric ester groups is 1. The van der Waals surface area contributed by atoms with Crippen molar-refractivity contribution in [2.45, 2.75) is 193 Å². The normalized spacial score (nSPS) is 13.5. The number of likely N-dealkylation sites (N-methyl/N-ethyl adjacent to an activating group) is 1. The van der Waals surface area contributed by atoms with Crippen LogP contribution in [0.15, 0.2) is 12.2 Å². The van der Waals surface area contributed by atoms with E-state index in [0.717, 1.165) is 38.5 Å². The fraction of sp³-hybridized carbons (Fsp3) is 0.914. The molecule has 0 saturated heterocycles. The molecule has 256 valence electrons. The van der Waals surface area contributed by atoms with Crippen molar-refractivity contribution in [3.8, 4) is 0 Å². The van der Waals surface area contributed by atoms with E-state index in [1.807, 2.05) is 6.08 Å². The van der Waals surface area contributed by atoms with Gasteiger partial charge in [0.25, 0.3) is 0 Å². The number of unbranched alkanes of at least 4 members (excludes halogenated alkanes) is 23. The van der Waals surface area contributed by atoms with Crippen molar-refractivity contribution in [2.75, 3.05) is 13.7 Å². The van der Waals surface area contributed by atoms with Gasteiger partial charge in [0, 0.05) is 13.5 Å². The molecule has 0 fully saturated rings. The molecule has 0 unspecified atom stereocenters. The Labute approximate surface area is 265 Å². The number of rotatable bonds is 32. The molecule has 0 aromatic rings. The highest BCUT2D eigenvalue weighted by atomic mass is 31.2. The molecule has 1 amide bonds. The third-order valence-electron chi connectivity index (χ3n) is 8.50. The molecule has 0 saturated carbocycles. The second-order valence-corrected chi connectivity index (χ2v) is 13.8. The molecule has 0 rings (SSSR count). The lowest BCUT2D eigenvalue weighted by atomic mass is 10.0. The van der Waals surface area contributed by atoms with E-state index in [0.29, 0.717) is 6.42 Å². The van der Waals surface area contributed by atoms with Crippen LogP contribution in [0.5, 0.6) is 0 Å². The molecule has 2 atom stereocenters. The van der Waals surface area contributed by atoms with Crippen LogP contribution in [-0.4, -0.2) is 51.5 Å². The van der Waals surface area contributed by atoms with Crippen molar-refractivity contribution in [1.29, 1.82) is 0 Å². The van der Waals surface area contributed by atoms with Crippen molar-refractivity contribution < 1.29 is 28.8 Å². The lowest BCUT2D eigenvalue weighted by molar-refractivity contribution is -0.134. The monoisotopic (exact) mass is 631 g/mol. The summed E-state index contributed by atoms with van der Waals surface area (Å²) < 4.78 is 16.0. The Hall–Kier alpha value is -0.720. The molecule has 0 aliphatic carbocycles. The number of phosphoric acid groups is 1. The summed E-state index contributed by atoms with van der Waals surface area (Å²) in [5.41, 5.74) is 0. The summed E-state index contributed by atoms with van der Waals surface area (Å²) >= 11 is 0. The van der Waals surface area contributed by atoms with Gasteiger partial charge in [0.05, 0.1) is 18.8 Å². The van der Waals surface area contributed by atoms with E-state index in [1.54, 1.807) is 13.1 Å². The first-order valence-corrected chi connectivity index (χ1v) is 19.6. The lowest BCUT2D eigenvalue weighted by Gasteiger charge is -2.30. The number of hydrogen-bond donors (Lipinski definition) is 3. The van der Waals surface area contributed by atoms with E-state index in [-0.39, 0.29) is 5.91 Å². The molecular weight excluding hydrogens is 561 g/mol. The maximum atomic E-state index is 12.8. The summed E-state index contributed by atoms with van der Waals surface area (Å²) in [5, 5.41) is 10.8. The van der Waals surface area contributed by atoms with Gasteiger partial charge in [-0.1, -0.05) is 167 Å². The van der Waals surface area contributed by atoms with Crippen LogP contribution in [0.2, 0.25) is 0 Å². The van der Waals surface area contributed by atoms with E-state index >= 15 is 0 Å². The molecular formula is C35H70NO6P. The maximum absolute atomic E-state index is 12.8. The van der Waals surface area contributed by atoms with Crippen molar-refractivity contribution in [3.63, 3.8) is 0 Å². The summed E-state index contributed by atoms with van der Waals surface area (Å²) in [6.45, 7) is 4.07. The first-order chi connectivity index (χ1) is 20.7. The van der Waals surface area contributed by atoms with E-state index in [4.69, 9.17) is 4.52 Å². The first kappa shape index (κ1) is 42.3. The van der Waals surface area contributed by atoms with Crippen molar-refractivity contribution in [3.05, 3.63) is 12.2 Å². The third kappa shape index (κ3) is 28.5. The average molecular weight is 632 g/mol. The molecule has 0 aliphatic rings. The largest absolute Gasteiger partial charge is 0.469 e. The number of hydrogen-bond acceptors (Lipinski definition) is 4. The van der Waals surface area contributed by atoms with Gasteiger partial charge in [-0.3, -0.25) is 9.32 Å². The highest BCUT2D eigenvalue weighted by Gasteiger charge is 2.28. The van der Waals surface area contributed by atoms with Gasteiger partial charge in [-0.2, -0.15) is 0 Å². The SMILES string of the molecule is CCCCCCCCCCCCC/C=C/[C@@H](O)[C@H](COP(=O)(O)O)N(C)C(=O)CCCCCCCCCCCCCCC. The maximum Gasteiger partial charge on any atom is 0.469 e. The van der Waals surface area contributed by atoms with Crippen LogP contribution in [0, 0.1) is 0 Å². The van der Waals surface area contributed by atoms with Gasteiger partial charge < -0.3 is 19.8 Å². The quantitative estimate of drug-likeness (QED) is 0.0387. The highest BCUT2D eigenvalue weighted by molar-refractivity contribution is 7.46. The zero-order valence-corrected chi connectivity index (χ0v) is 29.3. The number of allylic oxidation sites excluding steroid dienone is 1. The van der Waals surface area contributed by atoms with Crippen LogP contribution in [0.1, 0.15) is 181 Å². The summed E-state index contributed by atoms with van der Waals surface area (Å²) in [7, 11) is -3.13. The predicted octanol–water partition coefficient (Wildman–Crippen LogP) is 10.0. The molecule has 0 spiro atoms. The van der Waals surface area contributed by atoms with Crippen molar-refractivity contribution in [1.82, 2.24) is 4.90 Å². The van der Waals surface area contributed by atoms with Crippen LogP contribution in [0.25, 0.3) is 0 Å². The summed E-state index contributed by atoms with van der Waals surface area (Å²) in [5.74, 6) is -0.139. The molecule has 7 nitrogen and oxygen atoms in total. The lowest BCUT2D eigenvalue weighted by Crippen LogP contribution is -2.46. The minimum atomic E-state index is -4.71. The van der Waals surface area contributed by atoms with E-state index in [9.17, 15) is 24.3 Å². The van der Waals surface area contributed by atoms with Crippen LogP contribution in [0.3, 0.4) is 0 Å². The number of carbonyl (C=O) groups excluding carboxylic acids is 1. The molecule has 0 aromatic heterocycles. The smallest absolute Gasteiger partial charge is 0.387 e. The standard InChI is InChI=1S/C35H70NO6P/c1-4-6-8-10-12-14-16-18-20-22-24-26-28-30-34(37)33(32-42-43(39,40)41)36(3)35(38)31-29-27-25-23-21-19-17-15-13-11-9-7-5-2/h28,30,33-34,37H,4-27,29,31-32H2,1-3H3,(H2,39,40,41)/b30-28+/t33-,34+/m0/s1. The molecule has 0 radical (unpaired) electrons. The van der Waals surface area contributed by atoms with Gasteiger partial charge >= 0.3 is 7.82 Å². The van der Waals surface area contributed by atoms with E-state index in [2.05, 4.69) is 13.8 Å². The Morgan fingerprint density at radius 3 is 1.44 bits per heavy atom. The molecule has 3 N–H and O–H groups in total. The molecule has 0 aromatic carbocycles. The second-order valence-electron chi connectivity index (χ2n) is 12.6. The number of amides is 1. The summed E-state index contributed by atoms with van der Waals surface area (Å²) in [6, 6.07) is -0.851. The molecule has 0 bridgehead atoms. The molecule has 43 heavy (non-hydrogen) atoms. The van der Waals surface area contributed by atoms with Crippen LogP contribution in [0.4, 0.5) is 0 Å². The number of aliphatic hydroxyl groups excluding tert-OH is 1. The van der Waals surface area contributed by atoms with Crippen LogP contribution in [-0.2, 0) is 13.9 Å². The number of aliphatic hydroxyl groups is 1. The Bertz CT molecular complexity index is 698. The minimum absolute atomic E-state index is 0.139. The highest BCUT2D eigenvalue weighted by Crippen LogP contribution is 2.36. The summed E-state index contributed by atoms with van der Waals surface area (Å²) in [4.78, 5) is 32.6. The van der Waals surface area contributed by atoms with Crippen LogP contribution < -0.4 is 0 Å². The van der Waals surface area contributed by atoms with Crippen LogP contribution >= 0.6 is 7.82 Å². The van der Waals surface area contributed by atoms with Gasteiger partial charge in [-0.15, -0.1) is 0 Å². The molecule has 0 heterocycles. The molecule has 8 heteroatoms.